The van der Waals surface area contributed by atoms with E-state index in [0.29, 0.717) is 0 Å². The smallest absolute Gasteiger partial charge is 0.0230 e. The third kappa shape index (κ3) is 4.44. The lowest BCUT2D eigenvalue weighted by atomic mass is 10.1. The van der Waals surface area contributed by atoms with Gasteiger partial charge in [-0.05, 0) is 29.5 Å². The minimum absolute atomic E-state index is 1.07. The van der Waals surface area contributed by atoms with Crippen LogP contribution in [0.15, 0.2) is 78.4 Å². The molecule has 0 aromatic heterocycles. The Bertz CT molecular complexity index is 625. The molecule has 0 amide bonds. The van der Waals surface area contributed by atoms with Crippen molar-refractivity contribution in [2.45, 2.75) is 12.8 Å². The summed E-state index contributed by atoms with van der Waals surface area (Å²) < 4.78 is 0. The van der Waals surface area contributed by atoms with E-state index < -0.39 is 0 Å². The van der Waals surface area contributed by atoms with Crippen molar-refractivity contribution in [3.05, 3.63) is 89.5 Å². The molecule has 1 nitrogen and oxygen atoms in total. The van der Waals surface area contributed by atoms with Crippen LogP contribution in [0.1, 0.15) is 17.5 Å². The average molecular weight is 289 g/mol. The zero-order valence-corrected chi connectivity index (χ0v) is 13.0. The molecule has 0 saturated carbocycles. The number of hydrogen-bond acceptors (Lipinski definition) is 1. The molecule has 1 aliphatic rings. The van der Waals surface area contributed by atoms with E-state index in [2.05, 4.69) is 83.8 Å². The summed E-state index contributed by atoms with van der Waals surface area (Å²) >= 11 is 0. The second-order valence-electron chi connectivity index (χ2n) is 5.82. The van der Waals surface area contributed by atoms with Crippen LogP contribution in [0.5, 0.6) is 0 Å². The van der Waals surface area contributed by atoms with Gasteiger partial charge in [-0.2, -0.15) is 0 Å². The monoisotopic (exact) mass is 289 g/mol. The van der Waals surface area contributed by atoms with E-state index in [1.807, 2.05) is 0 Å². The fourth-order valence-corrected chi connectivity index (χ4v) is 2.85. The first-order valence-corrected chi connectivity index (χ1v) is 8.08. The van der Waals surface area contributed by atoms with Gasteiger partial charge >= 0.3 is 0 Å². The van der Waals surface area contributed by atoms with Crippen LogP contribution in [-0.2, 0) is 6.42 Å². The van der Waals surface area contributed by atoms with Crippen LogP contribution in [0.25, 0.3) is 6.08 Å². The maximum absolute atomic E-state index is 2.55. The van der Waals surface area contributed by atoms with Crippen LogP contribution < -0.4 is 0 Å². The van der Waals surface area contributed by atoms with Gasteiger partial charge in [0.1, 0.15) is 0 Å². The summed E-state index contributed by atoms with van der Waals surface area (Å²) in [6.45, 7) is 3.38. The highest BCUT2D eigenvalue weighted by Gasteiger charge is 2.10. The summed E-state index contributed by atoms with van der Waals surface area (Å²) in [7, 11) is 0. The first-order valence-electron chi connectivity index (χ1n) is 8.08. The Morgan fingerprint density at radius 3 is 2.36 bits per heavy atom. The highest BCUT2D eigenvalue weighted by atomic mass is 15.1. The average Bonchev–Trinajstić information content (AvgIpc) is 2.60. The molecule has 1 aliphatic heterocycles. The van der Waals surface area contributed by atoms with Crippen molar-refractivity contribution in [3.63, 3.8) is 0 Å². The zero-order chi connectivity index (χ0) is 15.0. The summed E-state index contributed by atoms with van der Waals surface area (Å²) in [5, 5.41) is 0. The number of rotatable bonds is 5. The molecule has 0 N–H and O–H groups in total. The van der Waals surface area contributed by atoms with Crippen molar-refractivity contribution in [1.82, 2.24) is 4.90 Å². The summed E-state index contributed by atoms with van der Waals surface area (Å²) in [6, 6.07) is 21.3. The molecular formula is C21H23N. The lowest BCUT2D eigenvalue weighted by Gasteiger charge is -2.26. The predicted octanol–water partition coefficient (Wildman–Crippen LogP) is 4.57. The molecule has 1 heterocycles. The SMILES string of the molecule is C(=Cc1ccccc1)C1=CCCN(CCc2ccccc2)C1. The molecule has 0 fully saturated rings. The lowest BCUT2D eigenvalue weighted by Crippen LogP contribution is -2.31. The van der Waals surface area contributed by atoms with Crippen LogP contribution in [0.2, 0.25) is 0 Å². The van der Waals surface area contributed by atoms with Gasteiger partial charge in [-0.3, -0.25) is 4.90 Å². The molecule has 22 heavy (non-hydrogen) atoms. The van der Waals surface area contributed by atoms with Gasteiger partial charge in [0.25, 0.3) is 0 Å². The van der Waals surface area contributed by atoms with Crippen LogP contribution in [-0.4, -0.2) is 24.5 Å². The number of benzene rings is 2. The Morgan fingerprint density at radius 2 is 1.59 bits per heavy atom. The van der Waals surface area contributed by atoms with Crippen molar-refractivity contribution in [2.75, 3.05) is 19.6 Å². The molecule has 0 atom stereocenters. The quantitative estimate of drug-likeness (QED) is 0.779. The Morgan fingerprint density at radius 1 is 0.864 bits per heavy atom. The third-order valence-corrected chi connectivity index (χ3v) is 4.11. The number of hydrogen-bond donors (Lipinski definition) is 0. The largest absolute Gasteiger partial charge is 0.298 e. The molecule has 0 aliphatic carbocycles. The van der Waals surface area contributed by atoms with Gasteiger partial charge in [-0.15, -0.1) is 0 Å². The van der Waals surface area contributed by atoms with Crippen LogP contribution in [0, 0.1) is 0 Å². The van der Waals surface area contributed by atoms with Gasteiger partial charge in [0.05, 0.1) is 0 Å². The van der Waals surface area contributed by atoms with Crippen molar-refractivity contribution in [1.29, 1.82) is 0 Å². The van der Waals surface area contributed by atoms with Crippen molar-refractivity contribution >= 4 is 6.08 Å². The Hall–Kier alpha value is -2.12. The van der Waals surface area contributed by atoms with Gasteiger partial charge in [-0.25, -0.2) is 0 Å². The zero-order valence-electron chi connectivity index (χ0n) is 13.0. The van der Waals surface area contributed by atoms with Gasteiger partial charge in [-0.1, -0.05) is 78.9 Å². The fraction of sp³-hybridized carbons (Fsp3) is 0.238. The standard InChI is InChI=1S/C21H23N/c1-3-8-19(9-4-1)13-14-21-12-7-16-22(18-21)17-15-20-10-5-2-6-11-20/h1-6,8-14H,7,15-18H2. The molecule has 1 heteroatoms. The van der Waals surface area contributed by atoms with E-state index >= 15 is 0 Å². The van der Waals surface area contributed by atoms with Gasteiger partial charge < -0.3 is 0 Å². The summed E-state index contributed by atoms with van der Waals surface area (Å²) in [4.78, 5) is 2.55. The van der Waals surface area contributed by atoms with Crippen molar-refractivity contribution in [3.8, 4) is 0 Å². The van der Waals surface area contributed by atoms with E-state index in [4.69, 9.17) is 0 Å². The summed E-state index contributed by atoms with van der Waals surface area (Å²) in [5.74, 6) is 0. The molecule has 112 valence electrons. The van der Waals surface area contributed by atoms with E-state index in [1.54, 1.807) is 0 Å². The van der Waals surface area contributed by atoms with E-state index in [1.165, 1.54) is 23.2 Å². The lowest BCUT2D eigenvalue weighted by molar-refractivity contribution is 0.297. The molecule has 0 bridgehead atoms. The van der Waals surface area contributed by atoms with E-state index in [0.717, 1.165) is 25.9 Å². The Balaban J connectivity index is 1.53. The molecule has 2 aromatic rings. The number of nitrogens with zero attached hydrogens (tertiary/aromatic N) is 1. The Labute approximate surface area is 133 Å². The fourth-order valence-electron chi connectivity index (χ4n) is 2.85. The van der Waals surface area contributed by atoms with Crippen molar-refractivity contribution < 1.29 is 0 Å². The second-order valence-corrected chi connectivity index (χ2v) is 5.82. The minimum Gasteiger partial charge on any atom is -0.298 e. The first kappa shape index (κ1) is 14.8. The molecule has 0 unspecified atom stereocenters. The van der Waals surface area contributed by atoms with Gasteiger partial charge in [0.15, 0.2) is 0 Å². The van der Waals surface area contributed by atoms with Gasteiger partial charge in [0.2, 0.25) is 0 Å². The van der Waals surface area contributed by atoms with E-state index in [9.17, 15) is 0 Å². The second kappa shape index (κ2) is 7.77. The molecule has 2 aromatic carbocycles. The topological polar surface area (TPSA) is 3.24 Å². The van der Waals surface area contributed by atoms with Crippen LogP contribution in [0.4, 0.5) is 0 Å². The summed E-state index contributed by atoms with van der Waals surface area (Å²) in [5.41, 5.74) is 4.13. The molecular weight excluding hydrogens is 266 g/mol. The van der Waals surface area contributed by atoms with E-state index in [-0.39, 0.29) is 0 Å². The summed E-state index contributed by atoms with van der Waals surface area (Å²) in [6.07, 6.45) is 9.15. The highest BCUT2D eigenvalue weighted by molar-refractivity contribution is 5.53. The van der Waals surface area contributed by atoms with Crippen LogP contribution >= 0.6 is 0 Å². The molecule has 0 radical (unpaired) electrons. The van der Waals surface area contributed by atoms with Gasteiger partial charge in [0, 0.05) is 19.6 Å². The Kier molecular flexibility index (Phi) is 5.22. The normalized spacial score (nSPS) is 15.9. The maximum Gasteiger partial charge on any atom is 0.0230 e. The highest BCUT2D eigenvalue weighted by Crippen LogP contribution is 2.13. The molecule has 0 spiro atoms. The maximum atomic E-state index is 2.55. The molecule has 0 saturated heterocycles. The first-order chi connectivity index (χ1) is 10.9. The third-order valence-electron chi connectivity index (χ3n) is 4.11. The minimum atomic E-state index is 1.07. The van der Waals surface area contributed by atoms with Crippen molar-refractivity contribution in [2.24, 2.45) is 0 Å². The predicted molar refractivity (Wildman–Crippen MR) is 94.8 cm³/mol. The van der Waals surface area contributed by atoms with Crippen LogP contribution in [0.3, 0.4) is 0 Å². The molecule has 3 rings (SSSR count).